The zero-order valence-corrected chi connectivity index (χ0v) is 23.7. The summed E-state index contributed by atoms with van der Waals surface area (Å²) >= 11 is 0. The van der Waals surface area contributed by atoms with Crippen LogP contribution in [0.4, 0.5) is 0 Å². The largest absolute Gasteiger partial charge is 0.497 e. The van der Waals surface area contributed by atoms with Crippen molar-refractivity contribution in [2.75, 3.05) is 7.11 Å². The van der Waals surface area contributed by atoms with Crippen molar-refractivity contribution in [2.45, 2.75) is 124 Å². The summed E-state index contributed by atoms with van der Waals surface area (Å²) in [5, 5.41) is 1.61. The Hall–Kier alpha value is -1.28. The molecule has 0 radical (unpaired) electrons. The molecule has 0 bridgehead atoms. The Bertz CT molecular complexity index is 801. The number of rotatable bonds is 13. The standard InChI is InChI=1S/C30H50OSi/c1-10-14-16-18-26-20-27(19-17-15-11-2)29(31-9)28(21-26)32(12-3,13-4)30-24(7)22(5)23(6)25(30)8/h20-21,30H,10-19H2,1-9H3. The molecule has 0 saturated carbocycles. The van der Waals surface area contributed by atoms with Crippen LogP contribution in [0.25, 0.3) is 0 Å². The van der Waals surface area contributed by atoms with Crippen LogP contribution in [0.1, 0.15) is 105 Å². The zero-order valence-electron chi connectivity index (χ0n) is 22.7. The molecule has 0 heterocycles. The van der Waals surface area contributed by atoms with E-state index >= 15 is 0 Å². The van der Waals surface area contributed by atoms with E-state index in [1.165, 1.54) is 79.5 Å². The van der Waals surface area contributed by atoms with Gasteiger partial charge in [-0.2, -0.15) is 0 Å². The number of hydrogen-bond acceptors (Lipinski definition) is 1. The molecule has 0 atom stereocenters. The number of methoxy groups -OCH3 is 1. The van der Waals surface area contributed by atoms with E-state index in [2.05, 4.69) is 67.5 Å². The Morgan fingerprint density at radius 3 is 1.75 bits per heavy atom. The van der Waals surface area contributed by atoms with Gasteiger partial charge in [0, 0.05) is 5.54 Å². The lowest BCUT2D eigenvalue weighted by Crippen LogP contribution is -2.52. The third-order valence-electron chi connectivity index (χ3n) is 8.51. The second-order valence-corrected chi connectivity index (χ2v) is 15.0. The number of benzene rings is 1. The molecule has 1 aromatic rings. The van der Waals surface area contributed by atoms with Crippen LogP contribution >= 0.6 is 0 Å². The first kappa shape index (κ1) is 27.0. The Kier molecular flexibility index (Phi) is 10.3. The molecule has 0 spiro atoms. The van der Waals surface area contributed by atoms with Crippen LogP contribution in [-0.2, 0) is 12.8 Å². The summed E-state index contributed by atoms with van der Waals surface area (Å²) in [7, 11) is 0.0563. The minimum atomic E-state index is -1.86. The molecule has 0 amide bonds. The SMILES string of the molecule is CCCCCc1cc(CCCCC)c(OC)c([Si](CC)(CC)C2C(C)=C(C)C(C)=C2C)c1. The number of unbranched alkanes of at least 4 members (excludes halogenated alkanes) is 4. The van der Waals surface area contributed by atoms with Crippen molar-refractivity contribution in [1.82, 2.24) is 0 Å². The van der Waals surface area contributed by atoms with Crippen LogP contribution in [-0.4, -0.2) is 15.2 Å². The lowest BCUT2D eigenvalue weighted by atomic mass is 10.00. The fourth-order valence-electron chi connectivity index (χ4n) is 6.21. The van der Waals surface area contributed by atoms with Crippen molar-refractivity contribution < 1.29 is 4.74 Å². The summed E-state index contributed by atoms with van der Waals surface area (Å²) in [6.45, 7) is 19.0. The van der Waals surface area contributed by atoms with E-state index in [0.717, 1.165) is 6.42 Å². The van der Waals surface area contributed by atoms with Gasteiger partial charge in [-0.1, -0.05) is 88.7 Å². The lowest BCUT2D eigenvalue weighted by Gasteiger charge is -2.40. The molecular formula is C30H50OSi. The molecule has 0 fully saturated rings. The molecule has 0 unspecified atom stereocenters. The van der Waals surface area contributed by atoms with Gasteiger partial charge in [0.05, 0.1) is 7.11 Å². The average Bonchev–Trinajstić information content (AvgIpc) is 2.99. The van der Waals surface area contributed by atoms with Crippen molar-refractivity contribution in [2.24, 2.45) is 0 Å². The minimum Gasteiger partial charge on any atom is -0.497 e. The van der Waals surface area contributed by atoms with Gasteiger partial charge in [0.2, 0.25) is 0 Å². The molecule has 32 heavy (non-hydrogen) atoms. The van der Waals surface area contributed by atoms with Gasteiger partial charge in [0.1, 0.15) is 13.8 Å². The van der Waals surface area contributed by atoms with Crippen LogP contribution in [0.3, 0.4) is 0 Å². The molecule has 1 aromatic carbocycles. The summed E-state index contributed by atoms with van der Waals surface area (Å²) < 4.78 is 6.28. The monoisotopic (exact) mass is 454 g/mol. The zero-order chi connectivity index (χ0) is 23.9. The van der Waals surface area contributed by atoms with E-state index in [1.54, 1.807) is 21.9 Å². The third kappa shape index (κ3) is 5.27. The fraction of sp³-hybridized carbons (Fsp3) is 0.667. The molecule has 0 saturated heterocycles. The summed E-state index contributed by atoms with van der Waals surface area (Å²) in [6, 6.07) is 7.63. The van der Waals surface area contributed by atoms with Gasteiger partial charge in [0.15, 0.2) is 0 Å². The molecular weight excluding hydrogens is 404 g/mol. The normalized spacial score (nSPS) is 15.3. The van der Waals surface area contributed by atoms with Crippen molar-refractivity contribution in [3.8, 4) is 5.75 Å². The average molecular weight is 455 g/mol. The first-order chi connectivity index (χ1) is 15.3. The summed E-state index contributed by atoms with van der Waals surface area (Å²) in [5.41, 5.74) is 9.95. The molecule has 0 aromatic heterocycles. The molecule has 1 aliphatic rings. The number of hydrogen-bond donors (Lipinski definition) is 0. The summed E-state index contributed by atoms with van der Waals surface area (Å²) in [4.78, 5) is 0. The predicted octanol–water partition coefficient (Wildman–Crippen LogP) is 8.91. The van der Waals surface area contributed by atoms with Gasteiger partial charge in [-0.3, -0.25) is 0 Å². The second-order valence-electron chi connectivity index (χ2n) is 10.2. The van der Waals surface area contributed by atoms with E-state index in [-0.39, 0.29) is 0 Å². The minimum absolute atomic E-state index is 0.612. The lowest BCUT2D eigenvalue weighted by molar-refractivity contribution is 0.411. The van der Waals surface area contributed by atoms with Crippen LogP contribution in [0.15, 0.2) is 34.4 Å². The molecule has 1 aliphatic carbocycles. The van der Waals surface area contributed by atoms with Gasteiger partial charge in [-0.25, -0.2) is 0 Å². The van der Waals surface area contributed by atoms with Crippen LogP contribution < -0.4 is 9.92 Å². The summed E-state index contributed by atoms with van der Waals surface area (Å²) in [6.07, 6.45) is 10.1. The highest BCUT2D eigenvalue weighted by atomic mass is 28.3. The number of ether oxygens (including phenoxy) is 1. The second kappa shape index (κ2) is 12.3. The van der Waals surface area contributed by atoms with Gasteiger partial charge in [0.25, 0.3) is 0 Å². The molecule has 1 nitrogen and oxygen atoms in total. The first-order valence-electron chi connectivity index (χ1n) is 13.4. The van der Waals surface area contributed by atoms with Gasteiger partial charge >= 0.3 is 0 Å². The Morgan fingerprint density at radius 1 is 0.750 bits per heavy atom. The maximum absolute atomic E-state index is 6.28. The Morgan fingerprint density at radius 2 is 1.28 bits per heavy atom. The molecule has 2 heteroatoms. The maximum Gasteiger partial charge on any atom is 0.121 e. The first-order valence-corrected chi connectivity index (χ1v) is 15.9. The maximum atomic E-state index is 6.28. The third-order valence-corrected chi connectivity index (χ3v) is 14.4. The summed E-state index contributed by atoms with van der Waals surface area (Å²) in [5.74, 6) is 1.23. The van der Waals surface area contributed by atoms with E-state index in [0.29, 0.717) is 5.54 Å². The quantitative estimate of drug-likeness (QED) is 0.213. The molecule has 0 aliphatic heterocycles. The van der Waals surface area contributed by atoms with Crippen molar-refractivity contribution in [1.29, 1.82) is 0 Å². The molecule has 0 N–H and O–H groups in total. The van der Waals surface area contributed by atoms with E-state index < -0.39 is 8.07 Å². The topological polar surface area (TPSA) is 9.23 Å². The predicted molar refractivity (Wildman–Crippen MR) is 146 cm³/mol. The highest BCUT2D eigenvalue weighted by molar-refractivity contribution is 6.94. The van der Waals surface area contributed by atoms with Gasteiger partial charge in [-0.05, 0) is 80.8 Å². The highest BCUT2D eigenvalue weighted by Crippen LogP contribution is 2.50. The molecule has 2 rings (SSSR count). The van der Waals surface area contributed by atoms with Crippen molar-refractivity contribution in [3.63, 3.8) is 0 Å². The Labute approximate surface area is 200 Å². The highest BCUT2D eigenvalue weighted by Gasteiger charge is 2.46. The van der Waals surface area contributed by atoms with E-state index in [4.69, 9.17) is 4.74 Å². The van der Waals surface area contributed by atoms with Crippen molar-refractivity contribution in [3.05, 3.63) is 45.6 Å². The number of allylic oxidation sites excluding steroid dienone is 4. The van der Waals surface area contributed by atoms with Crippen LogP contribution in [0.5, 0.6) is 5.75 Å². The van der Waals surface area contributed by atoms with Gasteiger partial charge in [-0.15, -0.1) is 0 Å². The number of aryl methyl sites for hydroxylation is 2. The van der Waals surface area contributed by atoms with Crippen molar-refractivity contribution >= 4 is 13.3 Å². The van der Waals surface area contributed by atoms with E-state index in [9.17, 15) is 0 Å². The van der Waals surface area contributed by atoms with Gasteiger partial charge < -0.3 is 4.74 Å². The fourth-order valence-corrected chi connectivity index (χ4v) is 11.9. The van der Waals surface area contributed by atoms with E-state index in [1.807, 2.05) is 7.11 Å². The van der Waals surface area contributed by atoms with Crippen LogP contribution in [0, 0.1) is 0 Å². The smallest absolute Gasteiger partial charge is 0.121 e. The molecule has 180 valence electrons. The Balaban J connectivity index is 2.71. The van der Waals surface area contributed by atoms with Crippen LogP contribution in [0.2, 0.25) is 17.6 Å².